The number of carboxylic acid groups (broad SMARTS) is 1. The number of methoxy groups -OCH3 is 1. The fraction of sp³-hybridized carbons (Fsp3) is 0.214. The summed E-state index contributed by atoms with van der Waals surface area (Å²) in [6, 6.07) is 11.2. The minimum Gasteiger partial charge on any atom is -0.479 e. The molecule has 2 N–H and O–H groups in total. The molecule has 102 valence electrons. The Morgan fingerprint density at radius 3 is 2.95 bits per heavy atom. The molecule has 0 spiro atoms. The van der Waals surface area contributed by atoms with E-state index in [-0.39, 0.29) is 6.54 Å². The maximum absolute atomic E-state index is 10.9. The second-order valence-electron chi connectivity index (χ2n) is 4.13. The number of nitriles is 1. The summed E-state index contributed by atoms with van der Waals surface area (Å²) >= 11 is 0. The van der Waals surface area contributed by atoms with Crippen LogP contribution in [-0.2, 0) is 9.53 Å². The van der Waals surface area contributed by atoms with Gasteiger partial charge < -0.3 is 15.2 Å². The molecule has 0 aliphatic heterocycles. The van der Waals surface area contributed by atoms with E-state index in [1.807, 2.05) is 30.3 Å². The summed E-state index contributed by atoms with van der Waals surface area (Å²) in [5, 5.41) is 21.7. The van der Waals surface area contributed by atoms with Gasteiger partial charge in [0, 0.05) is 12.5 Å². The lowest BCUT2D eigenvalue weighted by Crippen LogP contribution is -2.30. The minimum atomic E-state index is -1.07. The third-order valence-corrected chi connectivity index (χ3v) is 2.86. The Morgan fingerprint density at radius 2 is 2.30 bits per heavy atom. The highest BCUT2D eigenvalue weighted by Crippen LogP contribution is 2.19. The van der Waals surface area contributed by atoms with Crippen molar-refractivity contribution < 1.29 is 14.6 Å². The molecule has 1 unspecified atom stereocenters. The van der Waals surface area contributed by atoms with E-state index >= 15 is 0 Å². The molecule has 0 saturated carbocycles. The van der Waals surface area contributed by atoms with Crippen LogP contribution in [0.15, 0.2) is 30.3 Å². The SMILES string of the molecule is COC(CNc1nc2ccccc2cc1C#N)C(=O)O. The largest absolute Gasteiger partial charge is 0.479 e. The van der Waals surface area contributed by atoms with Crippen LogP contribution >= 0.6 is 0 Å². The number of fused-ring (bicyclic) bond motifs is 1. The van der Waals surface area contributed by atoms with Crippen LogP contribution < -0.4 is 5.32 Å². The summed E-state index contributed by atoms with van der Waals surface area (Å²) in [5.41, 5.74) is 1.10. The van der Waals surface area contributed by atoms with E-state index in [1.54, 1.807) is 6.07 Å². The van der Waals surface area contributed by atoms with Crippen LogP contribution in [0, 0.1) is 11.3 Å². The van der Waals surface area contributed by atoms with Crippen molar-refractivity contribution in [3.8, 4) is 6.07 Å². The van der Waals surface area contributed by atoms with Crippen LogP contribution in [0.25, 0.3) is 10.9 Å². The van der Waals surface area contributed by atoms with E-state index in [1.165, 1.54) is 7.11 Å². The lowest BCUT2D eigenvalue weighted by atomic mass is 10.1. The molecule has 0 bridgehead atoms. The second-order valence-corrected chi connectivity index (χ2v) is 4.13. The molecule has 1 aromatic carbocycles. The van der Waals surface area contributed by atoms with Gasteiger partial charge in [0.1, 0.15) is 11.9 Å². The van der Waals surface area contributed by atoms with Crippen LogP contribution in [0.2, 0.25) is 0 Å². The summed E-state index contributed by atoms with van der Waals surface area (Å²) < 4.78 is 4.82. The van der Waals surface area contributed by atoms with Crippen LogP contribution in [0.4, 0.5) is 5.82 Å². The second kappa shape index (κ2) is 5.99. The first-order chi connectivity index (χ1) is 9.65. The molecular formula is C14H13N3O3. The number of aliphatic carboxylic acids is 1. The number of benzene rings is 1. The van der Waals surface area contributed by atoms with Gasteiger partial charge in [-0.05, 0) is 12.1 Å². The number of anilines is 1. The van der Waals surface area contributed by atoms with Crippen molar-refractivity contribution in [2.75, 3.05) is 19.0 Å². The van der Waals surface area contributed by atoms with Gasteiger partial charge in [-0.2, -0.15) is 5.26 Å². The summed E-state index contributed by atoms with van der Waals surface area (Å²) in [6.07, 6.45) is -0.991. The normalized spacial score (nSPS) is 11.8. The number of hydrogen-bond donors (Lipinski definition) is 2. The lowest BCUT2D eigenvalue weighted by molar-refractivity contribution is -0.147. The fourth-order valence-electron chi connectivity index (χ4n) is 1.80. The first-order valence-corrected chi connectivity index (χ1v) is 5.95. The average molecular weight is 271 g/mol. The Hall–Kier alpha value is -2.65. The number of ether oxygens (including phenoxy) is 1. The summed E-state index contributed by atoms with van der Waals surface area (Å²) in [4.78, 5) is 15.2. The number of carbonyl (C=O) groups is 1. The van der Waals surface area contributed by atoms with Crippen molar-refractivity contribution in [1.82, 2.24) is 4.98 Å². The minimum absolute atomic E-state index is 0.0336. The van der Waals surface area contributed by atoms with Crippen molar-refractivity contribution in [3.05, 3.63) is 35.9 Å². The Bertz CT molecular complexity index is 679. The highest BCUT2D eigenvalue weighted by atomic mass is 16.5. The predicted octanol–water partition coefficient (Wildman–Crippen LogP) is 1.62. The van der Waals surface area contributed by atoms with Crippen LogP contribution in [0.5, 0.6) is 0 Å². The monoisotopic (exact) mass is 271 g/mol. The van der Waals surface area contributed by atoms with Crippen LogP contribution in [0.1, 0.15) is 5.56 Å². The highest BCUT2D eigenvalue weighted by Gasteiger charge is 2.17. The molecule has 0 aliphatic carbocycles. The molecule has 2 aromatic rings. The van der Waals surface area contributed by atoms with E-state index in [4.69, 9.17) is 15.1 Å². The number of pyridine rings is 1. The number of carboxylic acids is 1. The molecule has 1 heterocycles. The first kappa shape index (κ1) is 13.8. The van der Waals surface area contributed by atoms with Gasteiger partial charge in [0.25, 0.3) is 0 Å². The van der Waals surface area contributed by atoms with Crippen LogP contribution in [-0.4, -0.2) is 35.8 Å². The fourth-order valence-corrected chi connectivity index (χ4v) is 1.80. The van der Waals surface area contributed by atoms with Gasteiger partial charge in [-0.25, -0.2) is 9.78 Å². The van der Waals surface area contributed by atoms with Gasteiger partial charge in [-0.15, -0.1) is 0 Å². The van der Waals surface area contributed by atoms with Crippen LogP contribution in [0.3, 0.4) is 0 Å². The van der Waals surface area contributed by atoms with Gasteiger partial charge in [0.05, 0.1) is 17.6 Å². The standard InChI is InChI=1S/C14H13N3O3/c1-20-12(14(18)19)8-16-13-10(7-15)6-9-4-2-3-5-11(9)17-13/h2-6,12H,8H2,1H3,(H,16,17)(H,18,19). The predicted molar refractivity (Wildman–Crippen MR) is 73.4 cm³/mol. The lowest BCUT2D eigenvalue weighted by Gasteiger charge is -2.13. The van der Waals surface area contributed by atoms with Crippen molar-refractivity contribution in [2.24, 2.45) is 0 Å². The van der Waals surface area contributed by atoms with E-state index in [2.05, 4.69) is 10.3 Å². The molecule has 0 aliphatic rings. The average Bonchev–Trinajstić information content (AvgIpc) is 2.46. The Balaban J connectivity index is 2.29. The molecular weight excluding hydrogens is 258 g/mol. The third kappa shape index (κ3) is 2.84. The van der Waals surface area contributed by atoms with Gasteiger partial charge in [0.2, 0.25) is 0 Å². The summed E-state index contributed by atoms with van der Waals surface area (Å²) in [5.74, 6) is -0.714. The molecule has 0 saturated heterocycles. The zero-order valence-corrected chi connectivity index (χ0v) is 10.8. The molecule has 6 nitrogen and oxygen atoms in total. The summed E-state index contributed by atoms with van der Waals surface area (Å²) in [7, 11) is 1.32. The molecule has 0 radical (unpaired) electrons. The molecule has 1 aromatic heterocycles. The first-order valence-electron chi connectivity index (χ1n) is 5.95. The van der Waals surface area contributed by atoms with E-state index < -0.39 is 12.1 Å². The number of hydrogen-bond acceptors (Lipinski definition) is 5. The zero-order chi connectivity index (χ0) is 14.5. The zero-order valence-electron chi connectivity index (χ0n) is 10.8. The quantitative estimate of drug-likeness (QED) is 0.858. The Kier molecular flexibility index (Phi) is 4.13. The molecule has 6 heteroatoms. The van der Waals surface area contributed by atoms with E-state index in [9.17, 15) is 4.79 Å². The molecule has 1 atom stereocenters. The maximum atomic E-state index is 10.9. The maximum Gasteiger partial charge on any atom is 0.334 e. The van der Waals surface area contributed by atoms with Crippen molar-refractivity contribution in [1.29, 1.82) is 5.26 Å². The van der Waals surface area contributed by atoms with Crippen molar-refractivity contribution >= 4 is 22.7 Å². The third-order valence-electron chi connectivity index (χ3n) is 2.86. The van der Waals surface area contributed by atoms with Gasteiger partial charge in [0.15, 0.2) is 6.10 Å². The Labute approximate surface area is 115 Å². The molecule has 0 fully saturated rings. The number of nitrogens with one attached hydrogen (secondary N) is 1. The Morgan fingerprint density at radius 1 is 1.55 bits per heavy atom. The van der Waals surface area contributed by atoms with Crippen molar-refractivity contribution in [2.45, 2.75) is 6.10 Å². The van der Waals surface area contributed by atoms with Gasteiger partial charge in [-0.3, -0.25) is 0 Å². The topological polar surface area (TPSA) is 95.2 Å². The van der Waals surface area contributed by atoms with E-state index in [0.29, 0.717) is 11.4 Å². The van der Waals surface area contributed by atoms with Crippen molar-refractivity contribution in [3.63, 3.8) is 0 Å². The van der Waals surface area contributed by atoms with Gasteiger partial charge >= 0.3 is 5.97 Å². The van der Waals surface area contributed by atoms with E-state index in [0.717, 1.165) is 10.9 Å². The molecule has 2 rings (SSSR count). The number of nitrogens with zero attached hydrogens (tertiary/aromatic N) is 2. The molecule has 0 amide bonds. The summed E-state index contributed by atoms with van der Waals surface area (Å²) in [6.45, 7) is 0.0336. The number of aromatic nitrogens is 1. The van der Waals surface area contributed by atoms with Gasteiger partial charge in [-0.1, -0.05) is 18.2 Å². The molecule has 20 heavy (non-hydrogen) atoms. The smallest absolute Gasteiger partial charge is 0.334 e. The number of rotatable bonds is 5. The number of para-hydroxylation sites is 1. The highest BCUT2D eigenvalue weighted by molar-refractivity contribution is 5.83.